The van der Waals surface area contributed by atoms with E-state index in [4.69, 9.17) is 0 Å². The second kappa shape index (κ2) is 10.6. The van der Waals surface area contributed by atoms with E-state index in [2.05, 4.69) is 21.3 Å². The third-order valence-corrected chi connectivity index (χ3v) is 3.85. The third-order valence-electron chi connectivity index (χ3n) is 3.85. The van der Waals surface area contributed by atoms with Crippen molar-refractivity contribution in [1.29, 1.82) is 0 Å². The maximum atomic E-state index is 12.0. The van der Waals surface area contributed by atoms with E-state index in [1.165, 1.54) is 13.8 Å². The molecule has 1 fully saturated rings. The highest BCUT2D eigenvalue weighted by molar-refractivity contribution is 5.96. The molecular formula is C16H28N4O4. The molecule has 136 valence electrons. The highest BCUT2D eigenvalue weighted by atomic mass is 16.2. The minimum Gasteiger partial charge on any atom is -0.356 e. The fraction of sp³-hybridized carbons (Fsp3) is 0.750. The first kappa shape index (κ1) is 19.9. The first-order chi connectivity index (χ1) is 11.4. The van der Waals surface area contributed by atoms with Crippen LogP contribution in [-0.2, 0) is 19.2 Å². The van der Waals surface area contributed by atoms with Crippen molar-refractivity contribution in [3.8, 4) is 0 Å². The standard InChI is InChI=1S/C16H28N4O4/c1-11(21)17-9-5-3-7-13-15(23)20-14(16(24)19-13)8-4-6-10-18-12(2)22/h13-14H,3-10H2,1-2H3,(H,17,21)(H,18,22)(H,19,24)(H,20,23). The normalized spacial score (nSPS) is 20.1. The summed E-state index contributed by atoms with van der Waals surface area (Å²) in [7, 11) is 0. The SMILES string of the molecule is CC(=O)NCCCCC1NC(=O)C(CCCCNC(C)=O)NC1=O. The van der Waals surface area contributed by atoms with E-state index in [0.29, 0.717) is 25.9 Å². The summed E-state index contributed by atoms with van der Waals surface area (Å²) in [5.41, 5.74) is 0. The van der Waals surface area contributed by atoms with E-state index in [1.54, 1.807) is 0 Å². The molecule has 1 aliphatic heterocycles. The van der Waals surface area contributed by atoms with Gasteiger partial charge in [0.1, 0.15) is 12.1 Å². The first-order valence-electron chi connectivity index (χ1n) is 8.49. The maximum absolute atomic E-state index is 12.0. The van der Waals surface area contributed by atoms with Crippen LogP contribution in [0.2, 0.25) is 0 Å². The molecule has 2 unspecified atom stereocenters. The van der Waals surface area contributed by atoms with E-state index < -0.39 is 12.1 Å². The average Bonchev–Trinajstić information content (AvgIpc) is 2.50. The van der Waals surface area contributed by atoms with Crippen LogP contribution in [0.4, 0.5) is 0 Å². The van der Waals surface area contributed by atoms with Gasteiger partial charge >= 0.3 is 0 Å². The zero-order valence-electron chi connectivity index (χ0n) is 14.4. The Labute approximate surface area is 142 Å². The number of carbonyl (C=O) groups is 4. The van der Waals surface area contributed by atoms with Crippen molar-refractivity contribution >= 4 is 23.6 Å². The monoisotopic (exact) mass is 340 g/mol. The summed E-state index contributed by atoms with van der Waals surface area (Å²) < 4.78 is 0. The molecule has 24 heavy (non-hydrogen) atoms. The highest BCUT2D eigenvalue weighted by Gasteiger charge is 2.32. The number of piperazine rings is 1. The van der Waals surface area contributed by atoms with Gasteiger partial charge in [0.05, 0.1) is 0 Å². The predicted octanol–water partition coefficient (Wildman–Crippen LogP) is -0.418. The Morgan fingerprint density at radius 3 is 1.50 bits per heavy atom. The molecule has 0 aliphatic carbocycles. The molecule has 0 spiro atoms. The molecule has 1 aliphatic rings. The van der Waals surface area contributed by atoms with E-state index in [0.717, 1.165) is 25.7 Å². The van der Waals surface area contributed by atoms with Crippen LogP contribution in [-0.4, -0.2) is 48.8 Å². The van der Waals surface area contributed by atoms with Gasteiger partial charge in [0.2, 0.25) is 23.6 Å². The lowest BCUT2D eigenvalue weighted by molar-refractivity contribution is -0.137. The smallest absolute Gasteiger partial charge is 0.243 e. The van der Waals surface area contributed by atoms with E-state index in [1.807, 2.05) is 0 Å². The van der Waals surface area contributed by atoms with Crippen molar-refractivity contribution in [3.63, 3.8) is 0 Å². The Bertz CT molecular complexity index is 425. The molecule has 4 amide bonds. The van der Waals surface area contributed by atoms with Crippen LogP contribution < -0.4 is 21.3 Å². The quantitative estimate of drug-likeness (QED) is 0.404. The summed E-state index contributed by atoms with van der Waals surface area (Å²) in [4.78, 5) is 45.6. The van der Waals surface area contributed by atoms with Gasteiger partial charge in [-0.2, -0.15) is 0 Å². The Kier molecular flexibility index (Phi) is 8.81. The summed E-state index contributed by atoms with van der Waals surface area (Å²) in [6.45, 7) is 4.08. The van der Waals surface area contributed by atoms with Crippen LogP contribution in [0.5, 0.6) is 0 Å². The van der Waals surface area contributed by atoms with E-state index in [9.17, 15) is 19.2 Å². The summed E-state index contributed by atoms with van der Waals surface area (Å²) in [5, 5.41) is 10.9. The lowest BCUT2D eigenvalue weighted by atomic mass is 10.0. The Balaban J connectivity index is 2.21. The first-order valence-corrected chi connectivity index (χ1v) is 8.49. The van der Waals surface area contributed by atoms with Gasteiger partial charge in [-0.15, -0.1) is 0 Å². The molecule has 8 heteroatoms. The van der Waals surface area contributed by atoms with Crippen molar-refractivity contribution in [2.75, 3.05) is 13.1 Å². The van der Waals surface area contributed by atoms with Gasteiger partial charge in [-0.1, -0.05) is 0 Å². The number of nitrogens with one attached hydrogen (secondary N) is 4. The fourth-order valence-corrected chi connectivity index (χ4v) is 2.56. The van der Waals surface area contributed by atoms with Crippen LogP contribution in [0.15, 0.2) is 0 Å². The molecule has 1 rings (SSSR count). The lowest BCUT2D eigenvalue weighted by Crippen LogP contribution is -2.61. The molecule has 0 saturated carbocycles. The van der Waals surface area contributed by atoms with Crippen LogP contribution in [0.25, 0.3) is 0 Å². The van der Waals surface area contributed by atoms with Crippen LogP contribution in [0.3, 0.4) is 0 Å². The Hall–Kier alpha value is -2.12. The molecule has 1 saturated heterocycles. The van der Waals surface area contributed by atoms with E-state index in [-0.39, 0.29) is 23.6 Å². The van der Waals surface area contributed by atoms with Crippen molar-refractivity contribution in [3.05, 3.63) is 0 Å². The summed E-state index contributed by atoms with van der Waals surface area (Å²) >= 11 is 0. The largest absolute Gasteiger partial charge is 0.356 e. The molecule has 0 bridgehead atoms. The van der Waals surface area contributed by atoms with Gasteiger partial charge < -0.3 is 21.3 Å². The van der Waals surface area contributed by atoms with Crippen molar-refractivity contribution in [2.45, 2.75) is 64.5 Å². The number of hydrogen-bond donors (Lipinski definition) is 4. The number of rotatable bonds is 10. The average molecular weight is 340 g/mol. The van der Waals surface area contributed by atoms with Crippen molar-refractivity contribution < 1.29 is 19.2 Å². The maximum Gasteiger partial charge on any atom is 0.243 e. The number of hydrogen-bond acceptors (Lipinski definition) is 4. The topological polar surface area (TPSA) is 116 Å². The molecule has 2 atom stereocenters. The number of carbonyl (C=O) groups excluding carboxylic acids is 4. The fourth-order valence-electron chi connectivity index (χ4n) is 2.56. The molecule has 0 aromatic heterocycles. The molecule has 0 aromatic carbocycles. The Morgan fingerprint density at radius 2 is 1.17 bits per heavy atom. The molecule has 4 N–H and O–H groups in total. The van der Waals surface area contributed by atoms with Crippen molar-refractivity contribution in [2.24, 2.45) is 0 Å². The van der Waals surface area contributed by atoms with Gasteiger partial charge in [0.25, 0.3) is 0 Å². The highest BCUT2D eigenvalue weighted by Crippen LogP contribution is 2.10. The second-order valence-corrected chi connectivity index (χ2v) is 6.08. The van der Waals surface area contributed by atoms with Crippen LogP contribution >= 0.6 is 0 Å². The summed E-state index contributed by atoms with van der Waals surface area (Å²) in [5.74, 6) is -0.443. The molecule has 8 nitrogen and oxygen atoms in total. The van der Waals surface area contributed by atoms with Crippen LogP contribution in [0.1, 0.15) is 52.4 Å². The minimum absolute atomic E-state index is 0.0694. The van der Waals surface area contributed by atoms with Gasteiger partial charge in [-0.05, 0) is 38.5 Å². The summed E-state index contributed by atoms with van der Waals surface area (Å²) in [6.07, 6.45) is 4.16. The Morgan fingerprint density at radius 1 is 0.792 bits per heavy atom. The zero-order valence-corrected chi connectivity index (χ0v) is 14.4. The molecular weight excluding hydrogens is 312 g/mol. The van der Waals surface area contributed by atoms with Gasteiger partial charge in [0, 0.05) is 26.9 Å². The van der Waals surface area contributed by atoms with Gasteiger partial charge in [-0.25, -0.2) is 0 Å². The second-order valence-electron chi connectivity index (χ2n) is 6.08. The molecule has 1 heterocycles. The molecule has 0 radical (unpaired) electrons. The predicted molar refractivity (Wildman–Crippen MR) is 88.9 cm³/mol. The van der Waals surface area contributed by atoms with E-state index >= 15 is 0 Å². The van der Waals surface area contributed by atoms with Gasteiger partial charge in [-0.3, -0.25) is 19.2 Å². The minimum atomic E-state index is -0.495. The lowest BCUT2D eigenvalue weighted by Gasteiger charge is -2.29. The third kappa shape index (κ3) is 7.94. The number of unbranched alkanes of at least 4 members (excludes halogenated alkanes) is 2. The summed E-state index contributed by atoms with van der Waals surface area (Å²) in [6, 6.07) is -0.990. The van der Waals surface area contributed by atoms with Crippen LogP contribution in [0, 0.1) is 0 Å². The van der Waals surface area contributed by atoms with Crippen molar-refractivity contribution in [1.82, 2.24) is 21.3 Å². The number of amides is 4. The molecule has 0 aromatic rings. The van der Waals surface area contributed by atoms with Gasteiger partial charge in [0.15, 0.2) is 0 Å². The zero-order chi connectivity index (χ0) is 17.9.